The van der Waals surface area contributed by atoms with E-state index in [0.29, 0.717) is 0 Å². The molecule has 2 rings (SSSR count). The Morgan fingerprint density at radius 1 is 1.33 bits per heavy atom. The second kappa shape index (κ2) is 5.44. The fourth-order valence-corrected chi connectivity index (χ4v) is 1.80. The summed E-state index contributed by atoms with van der Waals surface area (Å²) in [4.78, 5) is 12.1. The van der Waals surface area contributed by atoms with E-state index < -0.39 is 23.3 Å². The minimum atomic E-state index is -4.62. The maximum atomic E-state index is 12.9. The average molecular weight is 299 g/mol. The molecule has 6 nitrogen and oxygen atoms in total. The summed E-state index contributed by atoms with van der Waals surface area (Å²) in [5.41, 5.74) is 0.209. The normalized spacial score (nSPS) is 11.3. The lowest BCUT2D eigenvalue weighted by Gasteiger charge is -2.15. The van der Waals surface area contributed by atoms with Crippen LogP contribution in [0.1, 0.15) is 15.9 Å². The molecule has 21 heavy (non-hydrogen) atoms. The molecule has 0 bridgehead atoms. The van der Waals surface area contributed by atoms with E-state index in [1.807, 2.05) is 5.43 Å². The van der Waals surface area contributed by atoms with Crippen molar-refractivity contribution in [3.05, 3.63) is 41.6 Å². The maximum absolute atomic E-state index is 12.9. The predicted octanol–water partition coefficient (Wildman–Crippen LogP) is 1.98. The summed E-state index contributed by atoms with van der Waals surface area (Å²) >= 11 is 0. The van der Waals surface area contributed by atoms with Crippen LogP contribution in [-0.4, -0.2) is 15.7 Å². The maximum Gasteiger partial charge on any atom is 0.418 e. The van der Waals surface area contributed by atoms with Crippen LogP contribution in [0.25, 0.3) is 0 Å². The molecule has 9 heteroatoms. The van der Waals surface area contributed by atoms with Gasteiger partial charge in [0.25, 0.3) is 5.91 Å². The van der Waals surface area contributed by atoms with Gasteiger partial charge in [0.2, 0.25) is 0 Å². The van der Waals surface area contributed by atoms with Crippen molar-refractivity contribution in [2.45, 2.75) is 6.18 Å². The highest BCUT2D eigenvalue weighted by Crippen LogP contribution is 2.36. The average Bonchev–Trinajstić information content (AvgIpc) is 2.82. The van der Waals surface area contributed by atoms with E-state index in [-0.39, 0.29) is 11.4 Å². The van der Waals surface area contributed by atoms with Crippen LogP contribution in [0, 0.1) is 0 Å². The molecular weight excluding hydrogens is 287 g/mol. The van der Waals surface area contributed by atoms with Gasteiger partial charge in [0, 0.05) is 19.3 Å². The Balaban J connectivity index is 2.37. The van der Waals surface area contributed by atoms with Crippen molar-refractivity contribution >= 4 is 17.4 Å². The molecule has 0 atom stereocenters. The summed E-state index contributed by atoms with van der Waals surface area (Å²) in [6.45, 7) is 0. The highest BCUT2D eigenvalue weighted by molar-refractivity contribution is 6.08. The molecule has 0 unspecified atom stereocenters. The molecule has 1 aromatic heterocycles. The zero-order valence-electron chi connectivity index (χ0n) is 10.9. The van der Waals surface area contributed by atoms with Gasteiger partial charge < -0.3 is 10.7 Å². The number of hydrogen-bond donors (Lipinski definition) is 3. The summed E-state index contributed by atoms with van der Waals surface area (Å²) < 4.78 is 40.0. The number of nitrogens with zero attached hydrogens (tertiary/aromatic N) is 2. The zero-order valence-corrected chi connectivity index (χ0v) is 10.9. The standard InChI is InChI=1S/C12H12F3N5O/c1-20-6-5-9(19-20)17-11(21)7-3-2-4-8(10(7)18-16)12(13,14)15/h2-6,18H,16H2,1H3,(H,17,19,21). The Hall–Kier alpha value is -2.55. The fraction of sp³-hybridized carbons (Fsp3) is 0.167. The summed E-state index contributed by atoms with van der Waals surface area (Å²) in [7, 11) is 1.65. The number of carbonyl (C=O) groups is 1. The van der Waals surface area contributed by atoms with Gasteiger partial charge in [-0.05, 0) is 12.1 Å². The van der Waals surface area contributed by atoms with Crippen molar-refractivity contribution < 1.29 is 18.0 Å². The zero-order chi connectivity index (χ0) is 15.6. The predicted molar refractivity (Wildman–Crippen MR) is 70.4 cm³/mol. The van der Waals surface area contributed by atoms with Crippen molar-refractivity contribution in [2.75, 3.05) is 10.7 Å². The highest BCUT2D eigenvalue weighted by atomic mass is 19.4. The van der Waals surface area contributed by atoms with E-state index in [1.165, 1.54) is 16.8 Å². The number of hydrogen-bond acceptors (Lipinski definition) is 4. The van der Waals surface area contributed by atoms with E-state index in [0.717, 1.165) is 12.1 Å². The molecule has 0 spiro atoms. The van der Waals surface area contributed by atoms with Crippen molar-refractivity contribution in [3.63, 3.8) is 0 Å². The number of nitrogens with one attached hydrogen (secondary N) is 2. The number of aryl methyl sites for hydroxylation is 1. The van der Waals surface area contributed by atoms with Gasteiger partial charge in [-0.1, -0.05) is 6.07 Å². The van der Waals surface area contributed by atoms with Crippen LogP contribution in [-0.2, 0) is 13.2 Å². The number of hydrazine groups is 1. The number of aromatic nitrogens is 2. The first kappa shape index (κ1) is 14.9. The van der Waals surface area contributed by atoms with E-state index >= 15 is 0 Å². The molecule has 2 aromatic rings. The lowest BCUT2D eigenvalue weighted by Crippen LogP contribution is -2.21. The van der Waals surface area contributed by atoms with Gasteiger partial charge in [-0.15, -0.1) is 0 Å². The quantitative estimate of drug-likeness (QED) is 0.597. The third kappa shape index (κ3) is 3.14. The lowest BCUT2D eigenvalue weighted by molar-refractivity contribution is -0.137. The van der Waals surface area contributed by atoms with Crippen LogP contribution in [0.3, 0.4) is 0 Å². The number of nitrogen functional groups attached to an aromatic ring is 1. The first-order valence-electron chi connectivity index (χ1n) is 5.80. The van der Waals surface area contributed by atoms with Crippen LogP contribution in [0.15, 0.2) is 30.5 Å². The number of anilines is 2. The largest absolute Gasteiger partial charge is 0.418 e. The van der Waals surface area contributed by atoms with Crippen LogP contribution in [0.4, 0.5) is 24.7 Å². The Kier molecular flexibility index (Phi) is 3.85. The number of para-hydroxylation sites is 1. The molecule has 0 fully saturated rings. The molecule has 4 N–H and O–H groups in total. The Bertz CT molecular complexity index is 665. The first-order valence-corrected chi connectivity index (χ1v) is 5.80. The Morgan fingerprint density at radius 2 is 2.05 bits per heavy atom. The summed E-state index contributed by atoms with van der Waals surface area (Å²) in [6.07, 6.45) is -3.03. The molecule has 1 aromatic carbocycles. The van der Waals surface area contributed by atoms with Crippen molar-refractivity contribution in [3.8, 4) is 0 Å². The molecule has 0 saturated carbocycles. The van der Waals surface area contributed by atoms with Crippen molar-refractivity contribution in [1.29, 1.82) is 0 Å². The van der Waals surface area contributed by atoms with E-state index in [9.17, 15) is 18.0 Å². The van der Waals surface area contributed by atoms with Gasteiger partial charge >= 0.3 is 6.18 Å². The van der Waals surface area contributed by atoms with Gasteiger partial charge in [-0.2, -0.15) is 18.3 Å². The third-order valence-electron chi connectivity index (χ3n) is 2.71. The molecule has 0 aliphatic carbocycles. The Morgan fingerprint density at radius 3 is 2.57 bits per heavy atom. The van der Waals surface area contributed by atoms with Crippen molar-refractivity contribution in [2.24, 2.45) is 12.9 Å². The summed E-state index contributed by atoms with van der Waals surface area (Å²) in [5.74, 6) is 4.62. The number of nitrogens with two attached hydrogens (primary N) is 1. The van der Waals surface area contributed by atoms with Gasteiger partial charge in [-0.25, -0.2) is 0 Å². The van der Waals surface area contributed by atoms with E-state index in [2.05, 4.69) is 10.4 Å². The monoisotopic (exact) mass is 299 g/mol. The van der Waals surface area contributed by atoms with Crippen molar-refractivity contribution in [1.82, 2.24) is 9.78 Å². The number of benzene rings is 1. The topological polar surface area (TPSA) is 85.0 Å². The number of carbonyl (C=O) groups excluding carboxylic acids is 1. The van der Waals surface area contributed by atoms with Gasteiger partial charge in [0.15, 0.2) is 5.82 Å². The number of rotatable bonds is 3. The van der Waals surface area contributed by atoms with E-state index in [4.69, 9.17) is 5.84 Å². The second-order valence-electron chi connectivity index (χ2n) is 4.20. The first-order chi connectivity index (χ1) is 9.82. The Labute approximate surface area is 117 Å². The van der Waals surface area contributed by atoms with Crippen LogP contribution in [0.2, 0.25) is 0 Å². The highest BCUT2D eigenvalue weighted by Gasteiger charge is 2.35. The molecule has 0 aliphatic rings. The molecule has 0 radical (unpaired) electrons. The summed E-state index contributed by atoms with van der Waals surface area (Å²) in [5, 5.41) is 6.31. The van der Waals surface area contributed by atoms with Crippen LogP contribution >= 0.6 is 0 Å². The lowest BCUT2D eigenvalue weighted by atomic mass is 10.1. The SMILES string of the molecule is Cn1ccc(NC(=O)c2cccc(C(F)(F)F)c2NN)n1. The van der Waals surface area contributed by atoms with Gasteiger partial charge in [0.05, 0.1) is 16.8 Å². The smallest absolute Gasteiger partial charge is 0.323 e. The molecule has 1 heterocycles. The molecule has 0 aliphatic heterocycles. The molecular formula is C12H12F3N5O. The van der Waals surface area contributed by atoms with E-state index in [1.54, 1.807) is 13.2 Å². The summed E-state index contributed by atoms with van der Waals surface area (Å²) in [6, 6.07) is 4.73. The van der Waals surface area contributed by atoms with Crippen LogP contribution < -0.4 is 16.6 Å². The molecule has 1 amide bonds. The second-order valence-corrected chi connectivity index (χ2v) is 4.20. The third-order valence-corrected chi connectivity index (χ3v) is 2.71. The van der Waals surface area contributed by atoms with Gasteiger partial charge in [0.1, 0.15) is 0 Å². The number of alkyl halides is 3. The van der Waals surface area contributed by atoms with Crippen LogP contribution in [0.5, 0.6) is 0 Å². The molecule has 112 valence electrons. The minimum absolute atomic E-state index is 0.224. The number of halogens is 3. The molecule has 0 saturated heterocycles. The number of amides is 1. The minimum Gasteiger partial charge on any atom is -0.323 e. The van der Waals surface area contributed by atoms with Gasteiger partial charge in [-0.3, -0.25) is 15.3 Å². The fourth-order valence-electron chi connectivity index (χ4n) is 1.80.